The number of rotatable bonds is 10. The van der Waals surface area contributed by atoms with Gasteiger partial charge < -0.3 is 26.4 Å². The number of aryl methyl sites for hydroxylation is 1. The summed E-state index contributed by atoms with van der Waals surface area (Å²) in [5, 5.41) is 8.63. The maximum atomic E-state index is 12.6. The van der Waals surface area contributed by atoms with E-state index in [2.05, 4.69) is 43.9 Å². The summed E-state index contributed by atoms with van der Waals surface area (Å²) in [7, 11) is -2.09. The Labute approximate surface area is 217 Å². The Hall–Kier alpha value is -2.89. The number of allylic oxidation sites excluding steroid dienone is 1. The van der Waals surface area contributed by atoms with E-state index >= 15 is 0 Å². The quantitative estimate of drug-likeness (QED) is 0.287. The summed E-state index contributed by atoms with van der Waals surface area (Å²) in [5.41, 5.74) is 9.23. The smallest absolute Gasteiger partial charge is 0.229 e. The van der Waals surface area contributed by atoms with Crippen LogP contribution >= 0.6 is 11.6 Å². The Kier molecular flexibility index (Phi) is 8.80. The van der Waals surface area contributed by atoms with Crippen LogP contribution in [0, 0.1) is 6.92 Å². The number of halogens is 1. The van der Waals surface area contributed by atoms with Crippen LogP contribution in [-0.2, 0) is 9.84 Å². The van der Waals surface area contributed by atoms with E-state index in [4.69, 9.17) is 22.1 Å². The third-order valence-corrected chi connectivity index (χ3v) is 8.03. The molecular weight excluding hydrogens is 502 g/mol. The maximum Gasteiger partial charge on any atom is 0.229 e. The second kappa shape index (κ2) is 11.4. The summed E-state index contributed by atoms with van der Waals surface area (Å²) in [6, 6.07) is 4.09. The number of anilines is 3. The van der Waals surface area contributed by atoms with E-state index in [1.165, 1.54) is 18.0 Å². The van der Waals surface area contributed by atoms with Gasteiger partial charge in [0.15, 0.2) is 26.9 Å². The van der Waals surface area contributed by atoms with Crippen molar-refractivity contribution < 1.29 is 18.1 Å². The van der Waals surface area contributed by atoms with Gasteiger partial charge in [-0.1, -0.05) is 11.6 Å². The Balaban J connectivity index is 1.97. The molecule has 0 spiro atoms. The number of hydrogen-bond acceptors (Lipinski definition) is 9. The van der Waals surface area contributed by atoms with Gasteiger partial charge in [-0.2, -0.15) is 4.98 Å². The highest BCUT2D eigenvalue weighted by Gasteiger charge is 2.25. The van der Waals surface area contributed by atoms with Crippen molar-refractivity contribution in [3.8, 4) is 5.75 Å². The van der Waals surface area contributed by atoms with Crippen molar-refractivity contribution in [2.24, 2.45) is 5.73 Å². The Morgan fingerprint density at radius 2 is 2.00 bits per heavy atom. The van der Waals surface area contributed by atoms with Gasteiger partial charge in [-0.05, 0) is 57.9 Å². The van der Waals surface area contributed by atoms with Crippen LogP contribution in [0.5, 0.6) is 5.75 Å². The highest BCUT2D eigenvalue weighted by atomic mass is 35.5. The van der Waals surface area contributed by atoms with Crippen molar-refractivity contribution in [3.63, 3.8) is 0 Å². The summed E-state index contributed by atoms with van der Waals surface area (Å²) >= 11 is 6.34. The summed E-state index contributed by atoms with van der Waals surface area (Å²) in [6.45, 7) is 11.0. The first-order valence-corrected chi connectivity index (χ1v) is 13.7. The lowest BCUT2D eigenvalue weighted by atomic mass is 9.89. The SMILES string of the molecule is C[NH+]=CC(Nc1nc(Nc2cc(C)c(C3CNC3)cc2OC(C)C)ncc1Cl)=C(N)S(=O)(=O)C(C)C. The zero-order valence-corrected chi connectivity index (χ0v) is 23.0. The third kappa shape index (κ3) is 6.26. The van der Waals surface area contributed by atoms with Gasteiger partial charge in [0.2, 0.25) is 5.95 Å². The Bertz CT molecular complexity index is 1270. The molecule has 3 rings (SSSR count). The number of aromatic nitrogens is 2. The van der Waals surface area contributed by atoms with Crippen LogP contribution < -0.4 is 31.4 Å². The molecule has 36 heavy (non-hydrogen) atoms. The average Bonchev–Trinajstić information content (AvgIpc) is 2.76. The fraction of sp³-hybridized carbons (Fsp3) is 0.458. The maximum absolute atomic E-state index is 12.6. The first-order valence-electron chi connectivity index (χ1n) is 11.8. The van der Waals surface area contributed by atoms with Gasteiger partial charge in [0.1, 0.15) is 23.5 Å². The molecular formula is C24H35ClN7O3S+. The van der Waals surface area contributed by atoms with Crippen LogP contribution in [0.3, 0.4) is 0 Å². The molecule has 2 aromatic rings. The first-order chi connectivity index (χ1) is 16.9. The van der Waals surface area contributed by atoms with Gasteiger partial charge in [0.25, 0.3) is 0 Å². The standard InChI is InChI=1S/C24H34ClN7O3S/c1-13(2)35-21-8-17(16-9-28-10-16)15(5)7-19(21)31-24-29-11-18(25)23(32-24)30-20(12-27-6)22(26)36(33,34)14(3)4/h7-8,11-14,16,28H,9-10,26H2,1-6H3,(H2,29,30,31,32)/p+1. The predicted octanol–water partition coefficient (Wildman–Crippen LogP) is 1.80. The molecule has 0 radical (unpaired) electrons. The average molecular weight is 537 g/mol. The normalized spacial score (nSPS) is 15.2. The monoisotopic (exact) mass is 536 g/mol. The van der Waals surface area contributed by atoms with Crippen molar-refractivity contribution in [2.45, 2.75) is 51.9 Å². The molecule has 0 amide bonds. The van der Waals surface area contributed by atoms with Crippen LogP contribution in [0.4, 0.5) is 17.5 Å². The van der Waals surface area contributed by atoms with Gasteiger partial charge in [-0.3, -0.25) is 0 Å². The molecule has 10 nitrogen and oxygen atoms in total. The summed E-state index contributed by atoms with van der Waals surface area (Å²) in [6.07, 6.45) is 2.83. The zero-order chi connectivity index (χ0) is 26.6. The Morgan fingerprint density at radius 3 is 2.56 bits per heavy atom. The van der Waals surface area contributed by atoms with Gasteiger partial charge in [0.05, 0.1) is 23.2 Å². The number of nitrogens with zero attached hydrogens (tertiary/aromatic N) is 2. The first kappa shape index (κ1) is 27.7. The number of sulfone groups is 1. The molecule has 0 aliphatic carbocycles. The largest absolute Gasteiger partial charge is 0.489 e. The summed E-state index contributed by atoms with van der Waals surface area (Å²) in [4.78, 5) is 11.6. The van der Waals surface area contributed by atoms with Gasteiger partial charge in [0, 0.05) is 19.0 Å². The van der Waals surface area contributed by atoms with Crippen LogP contribution in [0.25, 0.3) is 0 Å². The van der Waals surface area contributed by atoms with E-state index in [1.54, 1.807) is 20.9 Å². The molecule has 0 bridgehead atoms. The molecule has 2 heterocycles. The highest BCUT2D eigenvalue weighted by Crippen LogP contribution is 2.36. The molecule has 0 unspecified atom stereocenters. The second-order valence-electron chi connectivity index (χ2n) is 9.17. The fourth-order valence-electron chi connectivity index (χ4n) is 3.58. The number of nitrogens with one attached hydrogen (secondary N) is 4. The lowest BCUT2D eigenvalue weighted by Gasteiger charge is -2.30. The molecule has 1 fully saturated rings. The molecule has 1 aromatic carbocycles. The van der Waals surface area contributed by atoms with Crippen LogP contribution in [0.1, 0.15) is 44.7 Å². The molecule has 1 aromatic heterocycles. The fourth-order valence-corrected chi connectivity index (χ4v) is 4.65. The number of benzene rings is 1. The molecule has 1 aliphatic rings. The molecule has 0 atom stereocenters. The van der Waals surface area contributed by atoms with Gasteiger partial charge in [-0.15, -0.1) is 0 Å². The molecule has 12 heteroatoms. The topological polar surface area (TPSA) is 145 Å². The number of nitrogens with two attached hydrogens (primary N) is 1. The molecule has 6 N–H and O–H groups in total. The summed E-state index contributed by atoms with van der Waals surface area (Å²) < 4.78 is 31.3. The van der Waals surface area contributed by atoms with Crippen LogP contribution in [0.15, 0.2) is 29.1 Å². The number of hydrogen-bond donors (Lipinski definition) is 5. The van der Waals surface area contributed by atoms with E-state index in [0.717, 1.165) is 18.7 Å². The zero-order valence-electron chi connectivity index (χ0n) is 21.4. The minimum atomic E-state index is -3.72. The van der Waals surface area contributed by atoms with Crippen molar-refractivity contribution in [1.82, 2.24) is 15.3 Å². The van der Waals surface area contributed by atoms with E-state index < -0.39 is 15.1 Å². The van der Waals surface area contributed by atoms with Crippen LogP contribution in [0.2, 0.25) is 5.02 Å². The van der Waals surface area contributed by atoms with Crippen molar-refractivity contribution in [3.05, 3.63) is 45.2 Å². The third-order valence-electron chi connectivity index (χ3n) is 5.68. The van der Waals surface area contributed by atoms with Gasteiger partial charge >= 0.3 is 0 Å². The minimum Gasteiger partial charge on any atom is -0.489 e. The molecule has 1 saturated heterocycles. The lowest BCUT2D eigenvalue weighted by molar-refractivity contribution is -0.413. The van der Waals surface area contributed by atoms with E-state index in [9.17, 15) is 8.42 Å². The van der Waals surface area contributed by atoms with E-state index in [-0.39, 0.29) is 33.6 Å². The van der Waals surface area contributed by atoms with Gasteiger partial charge in [-0.25, -0.2) is 18.4 Å². The van der Waals surface area contributed by atoms with E-state index in [1.807, 2.05) is 19.9 Å². The van der Waals surface area contributed by atoms with Crippen molar-refractivity contribution in [1.29, 1.82) is 0 Å². The summed E-state index contributed by atoms with van der Waals surface area (Å²) in [5.74, 6) is 1.60. The molecule has 1 aliphatic heterocycles. The molecule has 196 valence electrons. The van der Waals surface area contributed by atoms with Crippen LogP contribution in [-0.4, -0.2) is 56.1 Å². The highest BCUT2D eigenvalue weighted by molar-refractivity contribution is 7.95. The van der Waals surface area contributed by atoms with E-state index in [0.29, 0.717) is 17.4 Å². The second-order valence-corrected chi connectivity index (χ2v) is 12.1. The molecule has 0 saturated carbocycles. The van der Waals surface area contributed by atoms with Crippen molar-refractivity contribution >= 4 is 45.1 Å². The van der Waals surface area contributed by atoms with Crippen molar-refractivity contribution in [2.75, 3.05) is 30.8 Å². The Morgan fingerprint density at radius 1 is 1.31 bits per heavy atom. The predicted molar refractivity (Wildman–Crippen MR) is 145 cm³/mol. The number of ether oxygens (including phenoxy) is 1. The lowest BCUT2D eigenvalue weighted by Crippen LogP contribution is -2.63. The minimum absolute atomic E-state index is 0.0281.